The van der Waals surface area contributed by atoms with E-state index in [4.69, 9.17) is 9.47 Å². The van der Waals surface area contributed by atoms with Crippen molar-refractivity contribution < 1.29 is 24.4 Å². The molecule has 1 aromatic carbocycles. The van der Waals surface area contributed by atoms with Crippen LogP contribution in [0.4, 0.5) is 0 Å². The van der Waals surface area contributed by atoms with Gasteiger partial charge in [-0.25, -0.2) is 0 Å². The summed E-state index contributed by atoms with van der Waals surface area (Å²) >= 11 is 0. The average Bonchev–Trinajstić information content (AvgIpc) is 2.53. The standard InChI is InChI=1S/C18H30N2O3/c1-15-4-5-18(12-16(15)2)23-11-10-22-14-17(21)13-20-8-6-19(3)7-9-20/h4-5,12,17,21H,6-11,13-14H2,1-3H3/p+2/t17-/m0/s1. The lowest BCUT2D eigenvalue weighted by molar-refractivity contribution is -1.00. The summed E-state index contributed by atoms with van der Waals surface area (Å²) in [5, 5.41) is 10.1. The minimum absolute atomic E-state index is 0.384. The number of hydrogen-bond acceptors (Lipinski definition) is 3. The van der Waals surface area contributed by atoms with Gasteiger partial charge >= 0.3 is 0 Å². The van der Waals surface area contributed by atoms with Crippen LogP contribution in [-0.4, -0.2) is 70.8 Å². The second-order valence-corrected chi connectivity index (χ2v) is 6.73. The molecule has 23 heavy (non-hydrogen) atoms. The summed E-state index contributed by atoms with van der Waals surface area (Å²) in [4.78, 5) is 3.07. The van der Waals surface area contributed by atoms with E-state index in [9.17, 15) is 5.11 Å². The Morgan fingerprint density at radius 1 is 1.09 bits per heavy atom. The minimum atomic E-state index is -0.384. The van der Waals surface area contributed by atoms with E-state index in [-0.39, 0.29) is 6.10 Å². The van der Waals surface area contributed by atoms with Gasteiger partial charge < -0.3 is 24.4 Å². The molecule has 3 N–H and O–H groups in total. The monoisotopic (exact) mass is 324 g/mol. The van der Waals surface area contributed by atoms with E-state index < -0.39 is 0 Å². The summed E-state index contributed by atoms with van der Waals surface area (Å²) in [6.07, 6.45) is -0.384. The van der Waals surface area contributed by atoms with Crippen LogP contribution >= 0.6 is 0 Å². The molecule has 1 aliphatic heterocycles. The molecule has 0 aromatic heterocycles. The zero-order valence-electron chi connectivity index (χ0n) is 14.7. The number of aliphatic hydroxyl groups is 1. The van der Waals surface area contributed by atoms with Gasteiger partial charge in [0.1, 0.15) is 51.2 Å². The maximum Gasteiger partial charge on any atom is 0.127 e. The summed E-state index contributed by atoms with van der Waals surface area (Å²) < 4.78 is 11.2. The summed E-state index contributed by atoms with van der Waals surface area (Å²) in [6, 6.07) is 6.09. The maximum atomic E-state index is 10.1. The molecule has 1 aromatic rings. The van der Waals surface area contributed by atoms with Crippen LogP contribution in [0.5, 0.6) is 5.75 Å². The van der Waals surface area contributed by atoms with Gasteiger partial charge in [-0.15, -0.1) is 0 Å². The Morgan fingerprint density at radius 2 is 1.83 bits per heavy atom. The Labute approximate surface area is 139 Å². The Kier molecular flexibility index (Phi) is 7.30. The number of quaternary nitrogens is 2. The smallest absolute Gasteiger partial charge is 0.127 e. The fourth-order valence-electron chi connectivity index (χ4n) is 2.87. The van der Waals surface area contributed by atoms with E-state index in [1.165, 1.54) is 29.1 Å². The summed E-state index contributed by atoms with van der Waals surface area (Å²) in [5.41, 5.74) is 2.50. The summed E-state index contributed by atoms with van der Waals surface area (Å²) in [7, 11) is 2.23. The lowest BCUT2D eigenvalue weighted by Crippen LogP contribution is -3.27. The molecule has 1 aliphatic rings. The van der Waals surface area contributed by atoms with Gasteiger partial charge in [0.2, 0.25) is 0 Å². The molecule has 1 atom stereocenters. The van der Waals surface area contributed by atoms with Crippen LogP contribution in [0.15, 0.2) is 18.2 Å². The topological polar surface area (TPSA) is 47.6 Å². The fourth-order valence-corrected chi connectivity index (χ4v) is 2.87. The van der Waals surface area contributed by atoms with Crippen molar-refractivity contribution in [3.8, 4) is 5.75 Å². The van der Waals surface area contributed by atoms with Gasteiger partial charge in [0.25, 0.3) is 0 Å². The fraction of sp³-hybridized carbons (Fsp3) is 0.667. The molecule has 1 heterocycles. The van der Waals surface area contributed by atoms with Gasteiger partial charge in [0.15, 0.2) is 0 Å². The number of piperazine rings is 1. The highest BCUT2D eigenvalue weighted by atomic mass is 16.5. The van der Waals surface area contributed by atoms with E-state index in [1.807, 2.05) is 12.1 Å². The number of nitrogens with one attached hydrogen (secondary N) is 2. The van der Waals surface area contributed by atoms with Crippen LogP contribution in [0.3, 0.4) is 0 Å². The van der Waals surface area contributed by atoms with Crippen molar-refractivity contribution >= 4 is 0 Å². The van der Waals surface area contributed by atoms with Crippen molar-refractivity contribution in [2.24, 2.45) is 0 Å². The molecule has 0 amide bonds. The molecule has 0 spiro atoms. The van der Waals surface area contributed by atoms with Crippen molar-refractivity contribution in [3.63, 3.8) is 0 Å². The zero-order chi connectivity index (χ0) is 16.7. The van der Waals surface area contributed by atoms with E-state index in [0.29, 0.717) is 19.8 Å². The van der Waals surface area contributed by atoms with Crippen LogP contribution < -0.4 is 14.5 Å². The highest BCUT2D eigenvalue weighted by molar-refractivity contribution is 5.33. The number of aryl methyl sites for hydroxylation is 2. The molecule has 0 aliphatic carbocycles. The third-order valence-electron chi connectivity index (χ3n) is 4.62. The molecule has 1 fully saturated rings. The van der Waals surface area contributed by atoms with E-state index in [1.54, 1.807) is 4.90 Å². The highest BCUT2D eigenvalue weighted by Gasteiger charge is 2.22. The minimum Gasteiger partial charge on any atom is -0.491 e. The molecule has 5 nitrogen and oxygen atoms in total. The Hall–Kier alpha value is -1.14. The number of aliphatic hydroxyl groups excluding tert-OH is 1. The lowest BCUT2D eigenvalue weighted by atomic mass is 10.1. The molecular formula is C18H32N2O3+2. The molecule has 130 valence electrons. The predicted molar refractivity (Wildman–Crippen MR) is 90.4 cm³/mol. The van der Waals surface area contributed by atoms with Gasteiger partial charge in [-0.05, 0) is 37.1 Å². The first-order chi connectivity index (χ1) is 11.0. The van der Waals surface area contributed by atoms with E-state index >= 15 is 0 Å². The summed E-state index contributed by atoms with van der Waals surface area (Å²) in [5.74, 6) is 0.877. The lowest BCUT2D eigenvalue weighted by Gasteiger charge is -2.28. The van der Waals surface area contributed by atoms with Gasteiger partial charge in [-0.3, -0.25) is 0 Å². The molecule has 0 unspecified atom stereocenters. The third kappa shape index (κ3) is 6.47. The van der Waals surface area contributed by atoms with Gasteiger partial charge in [0.05, 0.1) is 20.3 Å². The average molecular weight is 324 g/mol. The van der Waals surface area contributed by atoms with Crippen LogP contribution in [0.25, 0.3) is 0 Å². The number of likely N-dealkylation sites (N-methyl/N-ethyl adjacent to an activating group) is 1. The molecule has 2 rings (SSSR count). The van der Waals surface area contributed by atoms with Crippen molar-refractivity contribution in [2.75, 3.05) is 59.6 Å². The first-order valence-corrected chi connectivity index (χ1v) is 8.65. The van der Waals surface area contributed by atoms with Gasteiger partial charge in [-0.1, -0.05) is 6.07 Å². The molecule has 0 saturated carbocycles. The SMILES string of the molecule is Cc1ccc(OCCOC[C@@H](O)C[NH+]2CC[NH+](C)CC2)cc1C. The predicted octanol–water partition coefficient (Wildman–Crippen LogP) is -1.53. The number of hydrogen-bond donors (Lipinski definition) is 3. The van der Waals surface area contributed by atoms with Gasteiger partial charge in [0, 0.05) is 0 Å². The van der Waals surface area contributed by atoms with Crippen LogP contribution in [-0.2, 0) is 4.74 Å². The summed E-state index contributed by atoms with van der Waals surface area (Å²) in [6.45, 7) is 11.0. The first kappa shape index (κ1) is 18.2. The van der Waals surface area contributed by atoms with Crippen molar-refractivity contribution in [3.05, 3.63) is 29.3 Å². The molecule has 1 saturated heterocycles. The van der Waals surface area contributed by atoms with Crippen molar-refractivity contribution in [1.82, 2.24) is 0 Å². The number of ether oxygens (including phenoxy) is 2. The van der Waals surface area contributed by atoms with Crippen molar-refractivity contribution in [1.29, 1.82) is 0 Å². The maximum absolute atomic E-state index is 10.1. The normalized spacial score (nSPS) is 22.8. The van der Waals surface area contributed by atoms with E-state index in [2.05, 4.69) is 27.0 Å². The van der Waals surface area contributed by atoms with Gasteiger partial charge in [-0.2, -0.15) is 0 Å². The van der Waals surface area contributed by atoms with Crippen molar-refractivity contribution in [2.45, 2.75) is 20.0 Å². The largest absolute Gasteiger partial charge is 0.491 e. The van der Waals surface area contributed by atoms with Crippen LogP contribution in [0.1, 0.15) is 11.1 Å². The Morgan fingerprint density at radius 3 is 2.52 bits per heavy atom. The second-order valence-electron chi connectivity index (χ2n) is 6.73. The Balaban J connectivity index is 1.55. The molecule has 0 bridgehead atoms. The zero-order valence-corrected chi connectivity index (χ0v) is 14.7. The number of benzene rings is 1. The molecular weight excluding hydrogens is 292 g/mol. The highest BCUT2D eigenvalue weighted by Crippen LogP contribution is 2.16. The molecule has 5 heteroatoms. The first-order valence-electron chi connectivity index (χ1n) is 8.65. The van der Waals surface area contributed by atoms with Crippen LogP contribution in [0.2, 0.25) is 0 Å². The third-order valence-corrected chi connectivity index (χ3v) is 4.62. The Bertz CT molecular complexity index is 473. The van der Waals surface area contributed by atoms with E-state index in [0.717, 1.165) is 25.4 Å². The van der Waals surface area contributed by atoms with Crippen LogP contribution in [0, 0.1) is 13.8 Å². The quantitative estimate of drug-likeness (QED) is 0.509. The molecule has 0 radical (unpaired) electrons. The number of rotatable bonds is 8. The second kappa shape index (κ2) is 9.23.